The first-order valence-electron chi connectivity index (χ1n) is 6.33. The molecular formula is C12H26N2. The zero-order valence-corrected chi connectivity index (χ0v) is 9.89. The standard InChI is InChI=1S/C12H26N2/c1-3-5-11-14(10-4-2)12-6-8-13-9-7-12/h12-13H,3-11H2,1-2H3. The topological polar surface area (TPSA) is 15.3 Å². The molecule has 0 aliphatic carbocycles. The van der Waals surface area contributed by atoms with Gasteiger partial charge in [0.05, 0.1) is 0 Å². The van der Waals surface area contributed by atoms with Gasteiger partial charge in [-0.3, -0.25) is 0 Å². The Kier molecular flexibility index (Phi) is 6.20. The highest BCUT2D eigenvalue weighted by Gasteiger charge is 2.19. The Hall–Kier alpha value is -0.0800. The van der Waals surface area contributed by atoms with Crippen molar-refractivity contribution in [3.63, 3.8) is 0 Å². The molecule has 1 aliphatic heterocycles. The summed E-state index contributed by atoms with van der Waals surface area (Å²) in [6.07, 6.45) is 6.69. The summed E-state index contributed by atoms with van der Waals surface area (Å²) in [5.74, 6) is 0. The third-order valence-corrected chi connectivity index (χ3v) is 3.13. The molecule has 14 heavy (non-hydrogen) atoms. The minimum Gasteiger partial charge on any atom is -0.317 e. The lowest BCUT2D eigenvalue weighted by molar-refractivity contribution is 0.160. The van der Waals surface area contributed by atoms with Crippen LogP contribution >= 0.6 is 0 Å². The summed E-state index contributed by atoms with van der Waals surface area (Å²) in [5, 5.41) is 3.44. The molecule has 0 atom stereocenters. The number of hydrogen-bond donors (Lipinski definition) is 1. The van der Waals surface area contributed by atoms with Gasteiger partial charge in [-0.2, -0.15) is 0 Å². The number of hydrogen-bond acceptors (Lipinski definition) is 2. The third-order valence-electron chi connectivity index (χ3n) is 3.13. The van der Waals surface area contributed by atoms with Crippen molar-refractivity contribution in [1.82, 2.24) is 10.2 Å². The molecule has 2 heteroatoms. The summed E-state index contributed by atoms with van der Waals surface area (Å²) in [7, 11) is 0. The highest BCUT2D eigenvalue weighted by atomic mass is 15.2. The van der Waals surface area contributed by atoms with E-state index in [2.05, 4.69) is 24.1 Å². The molecule has 1 fully saturated rings. The molecule has 2 nitrogen and oxygen atoms in total. The predicted molar refractivity (Wildman–Crippen MR) is 62.7 cm³/mol. The van der Waals surface area contributed by atoms with Gasteiger partial charge in [-0.1, -0.05) is 20.3 Å². The zero-order valence-electron chi connectivity index (χ0n) is 9.89. The van der Waals surface area contributed by atoms with Crippen LogP contribution in [0.25, 0.3) is 0 Å². The van der Waals surface area contributed by atoms with E-state index >= 15 is 0 Å². The van der Waals surface area contributed by atoms with Gasteiger partial charge in [-0.15, -0.1) is 0 Å². The predicted octanol–water partition coefficient (Wildman–Crippen LogP) is 2.25. The molecule has 1 N–H and O–H groups in total. The van der Waals surface area contributed by atoms with Crippen molar-refractivity contribution in [2.24, 2.45) is 0 Å². The van der Waals surface area contributed by atoms with Crippen molar-refractivity contribution < 1.29 is 0 Å². The summed E-state index contributed by atoms with van der Waals surface area (Å²) in [6, 6.07) is 0.864. The molecule has 84 valence electrons. The molecule has 0 aromatic carbocycles. The lowest BCUT2D eigenvalue weighted by Crippen LogP contribution is -2.43. The average molecular weight is 198 g/mol. The van der Waals surface area contributed by atoms with Crippen LogP contribution in [-0.4, -0.2) is 37.1 Å². The normalized spacial score (nSPS) is 19.1. The minimum atomic E-state index is 0.864. The Labute approximate surface area is 89.1 Å². The molecule has 1 heterocycles. The molecule has 0 spiro atoms. The van der Waals surface area contributed by atoms with Gasteiger partial charge in [0.2, 0.25) is 0 Å². The van der Waals surface area contributed by atoms with Crippen LogP contribution in [0, 0.1) is 0 Å². The average Bonchev–Trinajstić information content (AvgIpc) is 2.25. The van der Waals surface area contributed by atoms with Crippen LogP contribution in [0.1, 0.15) is 46.0 Å². The fourth-order valence-electron chi connectivity index (χ4n) is 2.30. The highest BCUT2D eigenvalue weighted by molar-refractivity contribution is 4.77. The number of rotatable bonds is 6. The van der Waals surface area contributed by atoms with Crippen molar-refractivity contribution in [3.05, 3.63) is 0 Å². The van der Waals surface area contributed by atoms with Crippen LogP contribution in [0.2, 0.25) is 0 Å². The number of nitrogens with one attached hydrogen (secondary N) is 1. The molecule has 1 rings (SSSR count). The van der Waals surface area contributed by atoms with Gasteiger partial charge in [0.15, 0.2) is 0 Å². The SMILES string of the molecule is CCCCN(CCC)C1CCNCC1. The van der Waals surface area contributed by atoms with Gasteiger partial charge in [-0.25, -0.2) is 0 Å². The van der Waals surface area contributed by atoms with Crippen LogP contribution in [0.15, 0.2) is 0 Å². The van der Waals surface area contributed by atoms with Crippen molar-refractivity contribution in [2.75, 3.05) is 26.2 Å². The summed E-state index contributed by atoms with van der Waals surface area (Å²) < 4.78 is 0. The third kappa shape index (κ3) is 3.97. The Morgan fingerprint density at radius 2 is 1.79 bits per heavy atom. The van der Waals surface area contributed by atoms with Gasteiger partial charge in [0.1, 0.15) is 0 Å². The van der Waals surface area contributed by atoms with E-state index in [1.165, 1.54) is 58.3 Å². The Balaban J connectivity index is 2.30. The van der Waals surface area contributed by atoms with Gasteiger partial charge in [0, 0.05) is 6.04 Å². The number of nitrogens with zero attached hydrogens (tertiary/aromatic N) is 1. The van der Waals surface area contributed by atoms with Crippen molar-refractivity contribution in [2.45, 2.75) is 52.0 Å². The molecule has 0 radical (unpaired) electrons. The van der Waals surface area contributed by atoms with E-state index in [-0.39, 0.29) is 0 Å². The molecule has 0 aromatic rings. The van der Waals surface area contributed by atoms with Crippen LogP contribution in [-0.2, 0) is 0 Å². The van der Waals surface area contributed by atoms with Crippen LogP contribution in [0.5, 0.6) is 0 Å². The van der Waals surface area contributed by atoms with Gasteiger partial charge < -0.3 is 10.2 Å². The maximum absolute atomic E-state index is 3.44. The van der Waals surface area contributed by atoms with E-state index in [1.807, 2.05) is 0 Å². The highest BCUT2D eigenvalue weighted by Crippen LogP contribution is 2.13. The fraction of sp³-hybridized carbons (Fsp3) is 1.00. The van der Waals surface area contributed by atoms with E-state index in [1.54, 1.807) is 0 Å². The molecule has 1 aliphatic rings. The fourth-order valence-corrected chi connectivity index (χ4v) is 2.30. The Morgan fingerprint density at radius 3 is 2.36 bits per heavy atom. The first kappa shape index (κ1) is 12.0. The second-order valence-electron chi connectivity index (χ2n) is 4.37. The van der Waals surface area contributed by atoms with Crippen molar-refractivity contribution in [1.29, 1.82) is 0 Å². The smallest absolute Gasteiger partial charge is 0.0119 e. The second kappa shape index (κ2) is 7.24. The number of unbranched alkanes of at least 4 members (excludes halogenated alkanes) is 1. The molecule has 0 saturated carbocycles. The van der Waals surface area contributed by atoms with Crippen LogP contribution < -0.4 is 5.32 Å². The quantitative estimate of drug-likeness (QED) is 0.704. The lowest BCUT2D eigenvalue weighted by Gasteiger charge is -2.34. The largest absolute Gasteiger partial charge is 0.317 e. The first-order valence-corrected chi connectivity index (χ1v) is 6.33. The summed E-state index contributed by atoms with van der Waals surface area (Å²) in [5.41, 5.74) is 0. The van der Waals surface area contributed by atoms with E-state index < -0.39 is 0 Å². The van der Waals surface area contributed by atoms with Gasteiger partial charge in [0.25, 0.3) is 0 Å². The summed E-state index contributed by atoms with van der Waals surface area (Å²) >= 11 is 0. The van der Waals surface area contributed by atoms with Crippen molar-refractivity contribution in [3.8, 4) is 0 Å². The van der Waals surface area contributed by atoms with E-state index in [9.17, 15) is 0 Å². The summed E-state index contributed by atoms with van der Waals surface area (Å²) in [4.78, 5) is 2.71. The van der Waals surface area contributed by atoms with Gasteiger partial charge >= 0.3 is 0 Å². The van der Waals surface area contributed by atoms with Crippen LogP contribution in [0.4, 0.5) is 0 Å². The van der Waals surface area contributed by atoms with Gasteiger partial charge in [-0.05, 0) is 51.9 Å². The van der Waals surface area contributed by atoms with E-state index in [0.29, 0.717) is 0 Å². The van der Waals surface area contributed by atoms with E-state index in [0.717, 1.165) is 6.04 Å². The molecular weight excluding hydrogens is 172 g/mol. The minimum absolute atomic E-state index is 0.864. The second-order valence-corrected chi connectivity index (χ2v) is 4.37. The molecule has 0 aromatic heterocycles. The van der Waals surface area contributed by atoms with Crippen LogP contribution in [0.3, 0.4) is 0 Å². The first-order chi connectivity index (χ1) is 6.88. The maximum atomic E-state index is 3.44. The van der Waals surface area contributed by atoms with Crippen molar-refractivity contribution >= 4 is 0 Å². The zero-order chi connectivity index (χ0) is 10.2. The Bertz CT molecular complexity index is 130. The lowest BCUT2D eigenvalue weighted by atomic mass is 10.0. The maximum Gasteiger partial charge on any atom is 0.0119 e. The van der Waals surface area contributed by atoms with E-state index in [4.69, 9.17) is 0 Å². The molecule has 0 amide bonds. The number of piperidine rings is 1. The molecule has 0 unspecified atom stereocenters. The monoisotopic (exact) mass is 198 g/mol. The molecule has 0 bridgehead atoms. The Morgan fingerprint density at radius 1 is 1.07 bits per heavy atom. The molecule has 1 saturated heterocycles. The summed E-state index contributed by atoms with van der Waals surface area (Å²) in [6.45, 7) is 9.63.